The first-order valence-electron chi connectivity index (χ1n) is 11.0. The van der Waals surface area contributed by atoms with E-state index >= 15 is 0 Å². The topological polar surface area (TPSA) is 73.8 Å². The molecule has 0 atom stereocenters. The molecule has 0 unspecified atom stereocenters. The molecule has 7 nitrogen and oxygen atoms in total. The molecule has 1 aromatic heterocycles. The number of rotatable bonds is 12. The summed E-state index contributed by atoms with van der Waals surface area (Å²) in [5.74, 6) is -0.668. The van der Waals surface area contributed by atoms with Crippen molar-refractivity contribution in [3.63, 3.8) is 0 Å². The zero-order valence-electron chi connectivity index (χ0n) is 19.9. The second-order valence-corrected chi connectivity index (χ2v) is 11.1. The number of sulfonamides is 1. The number of aromatic nitrogens is 1. The standard InChI is InChI=1S/C25H29FN4O3S2/c1-5-14-29(15-6-2)35(32,33)21-11-8-19(9-12-21)24(31)30(17-7-16-28(3)4)25-27-22-13-10-20(26)18-23(22)34-25/h5-6,8-13,18H,1-2,7,14-17H2,3-4H3. The predicted octanol–water partition coefficient (Wildman–Crippen LogP) is 4.40. The third kappa shape index (κ3) is 6.40. The van der Waals surface area contributed by atoms with E-state index in [1.54, 1.807) is 11.0 Å². The number of hydrogen-bond donors (Lipinski definition) is 0. The Kier molecular flexibility index (Phi) is 8.90. The lowest BCUT2D eigenvalue weighted by Gasteiger charge is -2.22. The molecule has 0 radical (unpaired) electrons. The average molecular weight is 517 g/mol. The summed E-state index contributed by atoms with van der Waals surface area (Å²) in [4.78, 5) is 21.7. The fourth-order valence-corrected chi connectivity index (χ4v) is 5.86. The maximum absolute atomic E-state index is 13.7. The molecule has 2 aromatic carbocycles. The maximum atomic E-state index is 13.7. The van der Waals surface area contributed by atoms with Crippen molar-refractivity contribution in [2.75, 3.05) is 45.2 Å². The summed E-state index contributed by atoms with van der Waals surface area (Å²) in [5.41, 5.74) is 0.945. The number of thiazole rings is 1. The van der Waals surface area contributed by atoms with Crippen LogP contribution in [0.5, 0.6) is 0 Å². The molecule has 0 aliphatic carbocycles. The molecule has 3 rings (SSSR count). The van der Waals surface area contributed by atoms with Crippen molar-refractivity contribution in [1.29, 1.82) is 0 Å². The lowest BCUT2D eigenvalue weighted by atomic mass is 10.2. The number of anilines is 1. The van der Waals surface area contributed by atoms with Gasteiger partial charge in [-0.2, -0.15) is 4.31 Å². The second-order valence-electron chi connectivity index (χ2n) is 8.15. The maximum Gasteiger partial charge on any atom is 0.260 e. The molecule has 186 valence electrons. The Bertz CT molecular complexity index is 1290. The van der Waals surface area contributed by atoms with E-state index in [0.29, 0.717) is 33.9 Å². The normalized spacial score (nSPS) is 11.8. The van der Waals surface area contributed by atoms with E-state index in [1.807, 2.05) is 19.0 Å². The average Bonchev–Trinajstić information content (AvgIpc) is 3.24. The van der Waals surface area contributed by atoms with Crippen molar-refractivity contribution in [3.8, 4) is 0 Å². The van der Waals surface area contributed by atoms with Gasteiger partial charge in [0.1, 0.15) is 5.82 Å². The quantitative estimate of drug-likeness (QED) is 0.334. The van der Waals surface area contributed by atoms with Gasteiger partial charge in [0.2, 0.25) is 10.0 Å². The first kappa shape index (κ1) is 26.7. The van der Waals surface area contributed by atoms with Crippen molar-refractivity contribution >= 4 is 42.6 Å². The van der Waals surface area contributed by atoms with Gasteiger partial charge in [-0.3, -0.25) is 9.69 Å². The van der Waals surface area contributed by atoms with Gasteiger partial charge >= 0.3 is 0 Å². The van der Waals surface area contributed by atoms with Crippen LogP contribution in [0.2, 0.25) is 0 Å². The molecule has 0 spiro atoms. The Morgan fingerprint density at radius 3 is 2.31 bits per heavy atom. The Balaban J connectivity index is 1.91. The van der Waals surface area contributed by atoms with E-state index in [9.17, 15) is 17.6 Å². The highest BCUT2D eigenvalue weighted by molar-refractivity contribution is 7.89. The molecule has 0 saturated heterocycles. The third-order valence-electron chi connectivity index (χ3n) is 5.21. The van der Waals surface area contributed by atoms with Crippen LogP contribution in [0.25, 0.3) is 10.2 Å². The molecule has 1 heterocycles. The summed E-state index contributed by atoms with van der Waals surface area (Å²) in [5, 5.41) is 0.467. The van der Waals surface area contributed by atoms with Gasteiger partial charge in [0, 0.05) is 25.2 Å². The van der Waals surface area contributed by atoms with E-state index in [1.165, 1.54) is 64.2 Å². The van der Waals surface area contributed by atoms with Crippen molar-refractivity contribution < 1.29 is 17.6 Å². The molecular formula is C25H29FN4O3S2. The minimum absolute atomic E-state index is 0.0763. The molecule has 0 bridgehead atoms. The minimum atomic E-state index is -3.77. The molecule has 0 aliphatic rings. The van der Waals surface area contributed by atoms with Crippen molar-refractivity contribution in [1.82, 2.24) is 14.2 Å². The molecule has 35 heavy (non-hydrogen) atoms. The fraction of sp³-hybridized carbons (Fsp3) is 0.280. The van der Waals surface area contributed by atoms with Gasteiger partial charge in [-0.15, -0.1) is 13.2 Å². The van der Waals surface area contributed by atoms with Crippen LogP contribution in [-0.2, 0) is 10.0 Å². The van der Waals surface area contributed by atoms with E-state index in [-0.39, 0.29) is 29.7 Å². The number of hydrogen-bond acceptors (Lipinski definition) is 6. The highest BCUT2D eigenvalue weighted by Crippen LogP contribution is 2.30. The molecule has 0 saturated carbocycles. The number of nitrogens with zero attached hydrogens (tertiary/aromatic N) is 4. The molecule has 10 heteroatoms. The summed E-state index contributed by atoms with van der Waals surface area (Å²) in [6, 6.07) is 10.2. The first-order valence-corrected chi connectivity index (χ1v) is 13.3. The number of carbonyl (C=O) groups is 1. The Morgan fingerprint density at radius 1 is 1.06 bits per heavy atom. The van der Waals surface area contributed by atoms with E-state index < -0.39 is 10.0 Å². The van der Waals surface area contributed by atoms with Crippen molar-refractivity contribution in [2.45, 2.75) is 11.3 Å². The first-order chi connectivity index (χ1) is 16.7. The van der Waals surface area contributed by atoms with E-state index in [0.717, 1.165) is 6.54 Å². The molecule has 0 aliphatic heterocycles. The molecule has 3 aromatic rings. The van der Waals surface area contributed by atoms with Crippen LogP contribution < -0.4 is 4.90 Å². The highest BCUT2D eigenvalue weighted by atomic mass is 32.2. The Morgan fingerprint density at radius 2 is 1.71 bits per heavy atom. The monoisotopic (exact) mass is 516 g/mol. The van der Waals surface area contributed by atoms with Gasteiger partial charge in [0.15, 0.2) is 5.13 Å². The minimum Gasteiger partial charge on any atom is -0.309 e. The molecule has 0 N–H and O–H groups in total. The summed E-state index contributed by atoms with van der Waals surface area (Å²) in [6.07, 6.45) is 3.72. The third-order valence-corrected chi connectivity index (χ3v) is 8.09. The highest BCUT2D eigenvalue weighted by Gasteiger charge is 2.25. The largest absolute Gasteiger partial charge is 0.309 e. The van der Waals surface area contributed by atoms with Crippen LogP contribution in [0.3, 0.4) is 0 Å². The zero-order valence-corrected chi connectivity index (χ0v) is 21.5. The van der Waals surface area contributed by atoms with Gasteiger partial charge in [-0.05, 0) is 69.5 Å². The van der Waals surface area contributed by atoms with Crippen molar-refractivity contribution in [2.24, 2.45) is 0 Å². The van der Waals surface area contributed by atoms with Gasteiger partial charge in [0.25, 0.3) is 5.91 Å². The molecule has 0 fully saturated rings. The molecular weight excluding hydrogens is 487 g/mol. The van der Waals surface area contributed by atoms with Crippen LogP contribution in [-0.4, -0.2) is 68.8 Å². The van der Waals surface area contributed by atoms with E-state index in [2.05, 4.69) is 18.1 Å². The van der Waals surface area contributed by atoms with Crippen LogP contribution in [0.4, 0.5) is 9.52 Å². The number of amides is 1. The van der Waals surface area contributed by atoms with Crippen molar-refractivity contribution in [3.05, 3.63) is 79.2 Å². The van der Waals surface area contributed by atoms with Gasteiger partial charge < -0.3 is 4.90 Å². The summed E-state index contributed by atoms with van der Waals surface area (Å²) >= 11 is 1.24. The molecule has 1 amide bonds. The number of halogens is 1. The van der Waals surface area contributed by atoms with Crippen LogP contribution >= 0.6 is 11.3 Å². The zero-order chi connectivity index (χ0) is 25.6. The Labute approximate surface area is 209 Å². The smallest absolute Gasteiger partial charge is 0.260 e. The van der Waals surface area contributed by atoms with Gasteiger partial charge in [0.05, 0.1) is 15.1 Å². The lowest BCUT2D eigenvalue weighted by Crippen LogP contribution is -2.33. The lowest BCUT2D eigenvalue weighted by molar-refractivity contribution is 0.0986. The van der Waals surface area contributed by atoms with Crippen LogP contribution in [0.15, 0.2) is 72.7 Å². The van der Waals surface area contributed by atoms with Crippen LogP contribution in [0, 0.1) is 5.82 Å². The summed E-state index contributed by atoms with van der Waals surface area (Å²) < 4.78 is 41.5. The SMILES string of the molecule is C=CCN(CC=C)S(=O)(=O)c1ccc(C(=O)N(CCCN(C)C)c2nc3ccc(F)cc3s2)cc1. The fourth-order valence-electron chi connectivity index (χ4n) is 3.46. The number of carbonyl (C=O) groups excluding carboxylic acids is 1. The predicted molar refractivity (Wildman–Crippen MR) is 140 cm³/mol. The van der Waals surface area contributed by atoms with Crippen LogP contribution in [0.1, 0.15) is 16.8 Å². The number of benzene rings is 2. The summed E-state index contributed by atoms with van der Waals surface area (Å²) in [7, 11) is 0.134. The second kappa shape index (κ2) is 11.7. The Hall–Kier alpha value is -2.92. The van der Waals surface area contributed by atoms with Gasteiger partial charge in [-0.25, -0.2) is 17.8 Å². The number of fused-ring (bicyclic) bond motifs is 1. The van der Waals surface area contributed by atoms with E-state index in [4.69, 9.17) is 0 Å². The van der Waals surface area contributed by atoms with Gasteiger partial charge in [-0.1, -0.05) is 23.5 Å². The summed E-state index contributed by atoms with van der Waals surface area (Å²) in [6.45, 7) is 8.69.